The van der Waals surface area contributed by atoms with Gasteiger partial charge in [0, 0.05) is 38.5 Å². The molecule has 0 N–H and O–H groups in total. The van der Waals surface area contributed by atoms with Crippen LogP contribution in [0.3, 0.4) is 0 Å². The van der Waals surface area contributed by atoms with Crippen LogP contribution in [0, 0.1) is 17.9 Å². The van der Waals surface area contributed by atoms with E-state index in [1.165, 1.54) is 10.8 Å². The lowest BCUT2D eigenvalue weighted by Gasteiger charge is -2.15. The lowest BCUT2D eigenvalue weighted by Crippen LogP contribution is -1.97. The standard InChI is InChI=1S/C44H26N4/c1-46-33-22-24-35(44(27-33)48-41-15-6-3-11-36(41)37-12-4-7-16-42(37)48)31-20-18-30(19-21-31)32-9-8-10-34(26-32)47-40-14-5-2-13-38(40)39-23-17-29(28-45)25-43(39)47/h2-27H. The van der Waals surface area contributed by atoms with E-state index in [0.29, 0.717) is 11.3 Å². The zero-order chi connectivity index (χ0) is 32.2. The molecule has 222 valence electrons. The first-order valence-electron chi connectivity index (χ1n) is 15.9. The van der Waals surface area contributed by atoms with Gasteiger partial charge in [0.25, 0.3) is 0 Å². The molecule has 2 heterocycles. The molecular weight excluding hydrogens is 585 g/mol. The summed E-state index contributed by atoms with van der Waals surface area (Å²) in [4.78, 5) is 3.79. The minimum atomic E-state index is 0.607. The fourth-order valence-corrected chi connectivity index (χ4v) is 7.19. The number of rotatable bonds is 4. The van der Waals surface area contributed by atoms with Crippen LogP contribution >= 0.6 is 0 Å². The van der Waals surface area contributed by atoms with Crippen molar-refractivity contribution in [3.8, 4) is 39.7 Å². The van der Waals surface area contributed by atoms with Gasteiger partial charge in [-0.2, -0.15) is 5.26 Å². The van der Waals surface area contributed by atoms with Crippen LogP contribution in [-0.2, 0) is 0 Å². The van der Waals surface area contributed by atoms with E-state index in [2.05, 4.69) is 147 Å². The van der Waals surface area contributed by atoms with Crippen LogP contribution in [0.25, 0.3) is 82.1 Å². The minimum absolute atomic E-state index is 0.607. The molecule has 9 rings (SSSR count). The molecule has 7 aromatic carbocycles. The first kappa shape index (κ1) is 27.4. The van der Waals surface area contributed by atoms with Crippen molar-refractivity contribution in [2.45, 2.75) is 0 Å². The van der Waals surface area contributed by atoms with E-state index in [-0.39, 0.29) is 0 Å². The smallest absolute Gasteiger partial charge is 0.189 e. The van der Waals surface area contributed by atoms with Gasteiger partial charge >= 0.3 is 0 Å². The number of hydrogen-bond acceptors (Lipinski definition) is 1. The molecular formula is C44H26N4. The summed E-state index contributed by atoms with van der Waals surface area (Å²) in [7, 11) is 0. The lowest BCUT2D eigenvalue weighted by molar-refractivity contribution is 1.18. The van der Waals surface area contributed by atoms with Crippen LogP contribution in [-0.4, -0.2) is 9.13 Å². The molecule has 0 bridgehead atoms. The third-order valence-corrected chi connectivity index (χ3v) is 9.37. The summed E-state index contributed by atoms with van der Waals surface area (Å²) in [6.07, 6.45) is 0. The number of para-hydroxylation sites is 3. The van der Waals surface area contributed by atoms with Crippen LogP contribution < -0.4 is 0 Å². The van der Waals surface area contributed by atoms with Crippen molar-refractivity contribution in [3.63, 3.8) is 0 Å². The second-order valence-electron chi connectivity index (χ2n) is 12.0. The molecule has 9 aromatic rings. The Kier molecular flexibility index (Phi) is 6.22. The van der Waals surface area contributed by atoms with Gasteiger partial charge < -0.3 is 9.13 Å². The molecule has 0 aliphatic carbocycles. The molecule has 0 aliphatic heterocycles. The van der Waals surface area contributed by atoms with Crippen molar-refractivity contribution in [1.29, 1.82) is 5.26 Å². The quantitative estimate of drug-likeness (QED) is 0.183. The molecule has 2 aromatic heterocycles. The Bertz CT molecular complexity index is 2750. The number of nitriles is 1. The van der Waals surface area contributed by atoms with Crippen molar-refractivity contribution >= 4 is 49.3 Å². The second-order valence-corrected chi connectivity index (χ2v) is 12.0. The lowest BCUT2D eigenvalue weighted by atomic mass is 9.98. The normalized spacial score (nSPS) is 11.3. The van der Waals surface area contributed by atoms with Gasteiger partial charge in [-0.05, 0) is 65.2 Å². The molecule has 0 saturated heterocycles. The van der Waals surface area contributed by atoms with Gasteiger partial charge in [0.05, 0.1) is 40.3 Å². The monoisotopic (exact) mass is 610 g/mol. The molecule has 0 unspecified atom stereocenters. The van der Waals surface area contributed by atoms with Gasteiger partial charge in [-0.1, -0.05) is 109 Å². The summed E-state index contributed by atoms with van der Waals surface area (Å²) in [6.45, 7) is 7.77. The van der Waals surface area contributed by atoms with Crippen LogP contribution in [0.15, 0.2) is 158 Å². The Balaban J connectivity index is 1.17. The number of fused-ring (bicyclic) bond motifs is 6. The summed E-state index contributed by atoms with van der Waals surface area (Å²) in [5.74, 6) is 0. The maximum atomic E-state index is 9.65. The van der Waals surface area contributed by atoms with Gasteiger partial charge in [-0.3, -0.25) is 0 Å². The average molecular weight is 611 g/mol. The fourth-order valence-electron chi connectivity index (χ4n) is 7.19. The van der Waals surface area contributed by atoms with Crippen LogP contribution in [0.5, 0.6) is 0 Å². The second kappa shape index (κ2) is 10.9. The Labute approximate surface area is 277 Å². The van der Waals surface area contributed by atoms with Gasteiger partial charge in [0.2, 0.25) is 0 Å². The SMILES string of the molecule is [C-]#[N+]c1ccc(-c2ccc(-c3cccc(-n4c5ccccc5c5ccc(C#N)cc54)c3)cc2)c(-n2c3ccccc3c3ccccc32)c1. The van der Waals surface area contributed by atoms with Crippen molar-refractivity contribution in [2.75, 3.05) is 0 Å². The van der Waals surface area contributed by atoms with Crippen molar-refractivity contribution in [1.82, 2.24) is 9.13 Å². The first-order valence-corrected chi connectivity index (χ1v) is 15.9. The third kappa shape index (κ3) is 4.22. The highest BCUT2D eigenvalue weighted by Crippen LogP contribution is 2.39. The fraction of sp³-hybridized carbons (Fsp3) is 0. The summed E-state index contributed by atoms with van der Waals surface area (Å²) >= 11 is 0. The van der Waals surface area contributed by atoms with Crippen LogP contribution in [0.4, 0.5) is 5.69 Å². The van der Waals surface area contributed by atoms with Crippen molar-refractivity contribution < 1.29 is 0 Å². The molecule has 0 aliphatic rings. The number of benzene rings is 7. The summed E-state index contributed by atoms with van der Waals surface area (Å²) in [5.41, 5.74) is 12.0. The molecule has 0 atom stereocenters. The zero-order valence-electron chi connectivity index (χ0n) is 25.8. The highest BCUT2D eigenvalue weighted by Gasteiger charge is 2.17. The molecule has 0 spiro atoms. The Hall–Kier alpha value is -6.88. The topological polar surface area (TPSA) is 38.0 Å². The van der Waals surface area contributed by atoms with Crippen LogP contribution in [0.1, 0.15) is 5.56 Å². The summed E-state index contributed by atoms with van der Waals surface area (Å²) in [6, 6.07) is 56.8. The Morgan fingerprint density at radius 1 is 0.479 bits per heavy atom. The predicted molar refractivity (Wildman–Crippen MR) is 197 cm³/mol. The predicted octanol–water partition coefficient (Wildman–Crippen LogP) is 11.6. The summed E-state index contributed by atoms with van der Waals surface area (Å²) < 4.78 is 4.54. The zero-order valence-corrected chi connectivity index (χ0v) is 25.8. The molecule has 4 heteroatoms. The van der Waals surface area contributed by atoms with E-state index in [1.807, 2.05) is 30.3 Å². The van der Waals surface area contributed by atoms with E-state index in [1.54, 1.807) is 0 Å². The maximum Gasteiger partial charge on any atom is 0.189 e. The average Bonchev–Trinajstić information content (AvgIpc) is 3.67. The first-order chi connectivity index (χ1) is 23.7. The highest BCUT2D eigenvalue weighted by atomic mass is 15.0. The molecule has 4 nitrogen and oxygen atoms in total. The molecule has 0 amide bonds. The van der Waals surface area contributed by atoms with E-state index in [4.69, 9.17) is 6.57 Å². The minimum Gasteiger partial charge on any atom is -0.310 e. The number of nitrogens with zero attached hydrogens (tertiary/aromatic N) is 4. The third-order valence-electron chi connectivity index (χ3n) is 9.37. The van der Waals surface area contributed by atoms with E-state index in [9.17, 15) is 5.26 Å². The highest BCUT2D eigenvalue weighted by molar-refractivity contribution is 6.10. The molecule has 0 saturated carbocycles. The van der Waals surface area contributed by atoms with Gasteiger partial charge in [0.15, 0.2) is 5.69 Å². The van der Waals surface area contributed by atoms with E-state index < -0.39 is 0 Å². The molecule has 48 heavy (non-hydrogen) atoms. The number of aromatic nitrogens is 2. The largest absolute Gasteiger partial charge is 0.310 e. The van der Waals surface area contributed by atoms with Gasteiger partial charge in [-0.15, -0.1) is 0 Å². The number of hydrogen-bond donors (Lipinski definition) is 0. The van der Waals surface area contributed by atoms with Gasteiger partial charge in [0.1, 0.15) is 0 Å². The summed E-state index contributed by atoms with van der Waals surface area (Å²) in [5, 5.41) is 14.3. The van der Waals surface area contributed by atoms with E-state index >= 15 is 0 Å². The maximum absolute atomic E-state index is 9.65. The van der Waals surface area contributed by atoms with Crippen LogP contribution in [0.2, 0.25) is 0 Å². The molecule has 0 fully saturated rings. The Morgan fingerprint density at radius 3 is 1.73 bits per heavy atom. The Morgan fingerprint density at radius 2 is 1.08 bits per heavy atom. The molecule has 0 radical (unpaired) electrons. The van der Waals surface area contributed by atoms with Crippen molar-refractivity contribution in [2.24, 2.45) is 0 Å². The van der Waals surface area contributed by atoms with Gasteiger partial charge in [-0.25, -0.2) is 4.85 Å². The van der Waals surface area contributed by atoms with Crippen molar-refractivity contribution in [3.05, 3.63) is 175 Å². The van der Waals surface area contributed by atoms with E-state index in [0.717, 1.165) is 66.5 Å².